The molecule has 2 rings (SSSR count). The number of ether oxygens (including phenoxy) is 1. The summed E-state index contributed by atoms with van der Waals surface area (Å²) in [5, 5.41) is 2.68. The molecule has 1 atom stereocenters. The second-order valence-corrected chi connectivity index (χ2v) is 11.9. The molecule has 2 aromatic rings. The Bertz CT molecular complexity index is 1190. The molecule has 9 nitrogen and oxygen atoms in total. The molecule has 0 aliphatic rings. The largest absolute Gasteiger partial charge is 0.492 e. The zero-order valence-corrected chi connectivity index (χ0v) is 21.3. The van der Waals surface area contributed by atoms with Crippen LogP contribution in [0.15, 0.2) is 47.4 Å². The minimum atomic E-state index is -3.70. The van der Waals surface area contributed by atoms with Crippen molar-refractivity contribution in [2.75, 3.05) is 37.8 Å². The van der Waals surface area contributed by atoms with Crippen LogP contribution in [-0.2, 0) is 24.8 Å². The lowest BCUT2D eigenvalue weighted by atomic mass is 10.1. The molecule has 0 spiro atoms. The predicted octanol–water partition coefficient (Wildman–Crippen LogP) is 1.90. The molecular formula is C22H31N3O6S2. The summed E-state index contributed by atoms with van der Waals surface area (Å²) >= 11 is 0. The van der Waals surface area contributed by atoms with Crippen molar-refractivity contribution in [3.05, 3.63) is 53.6 Å². The second-order valence-electron chi connectivity index (χ2n) is 7.90. The lowest BCUT2D eigenvalue weighted by Gasteiger charge is -2.28. The van der Waals surface area contributed by atoms with Gasteiger partial charge in [-0.2, -0.15) is 0 Å². The van der Waals surface area contributed by atoms with Crippen molar-refractivity contribution in [1.82, 2.24) is 9.62 Å². The van der Waals surface area contributed by atoms with Gasteiger partial charge in [0.25, 0.3) is 0 Å². The van der Waals surface area contributed by atoms with Crippen LogP contribution in [0.4, 0.5) is 5.69 Å². The summed E-state index contributed by atoms with van der Waals surface area (Å²) in [7, 11) is -4.31. The molecule has 0 saturated heterocycles. The minimum absolute atomic E-state index is 0.126. The zero-order valence-electron chi connectivity index (χ0n) is 19.7. The fourth-order valence-electron chi connectivity index (χ4n) is 3.08. The minimum Gasteiger partial charge on any atom is -0.492 e. The molecule has 182 valence electrons. The van der Waals surface area contributed by atoms with Gasteiger partial charge < -0.3 is 10.1 Å². The van der Waals surface area contributed by atoms with Crippen LogP contribution in [0.5, 0.6) is 5.75 Å². The molecule has 0 radical (unpaired) electrons. The Hall–Kier alpha value is -2.63. The number of anilines is 1. The molecule has 0 aliphatic carbocycles. The normalized spacial score (nSPS) is 12.9. The van der Waals surface area contributed by atoms with E-state index in [1.807, 2.05) is 19.9 Å². The molecule has 0 heterocycles. The summed E-state index contributed by atoms with van der Waals surface area (Å²) in [4.78, 5) is 12.8. The zero-order chi connectivity index (χ0) is 25.0. The number of hydrogen-bond acceptors (Lipinski definition) is 6. The number of sulfonamides is 2. The van der Waals surface area contributed by atoms with Crippen molar-refractivity contribution >= 4 is 31.6 Å². The Labute approximate surface area is 196 Å². The van der Waals surface area contributed by atoms with Gasteiger partial charge in [-0.15, -0.1) is 0 Å². The molecule has 0 aromatic heterocycles. The van der Waals surface area contributed by atoms with Gasteiger partial charge in [0.1, 0.15) is 18.4 Å². The summed E-state index contributed by atoms with van der Waals surface area (Å²) in [6.45, 7) is 5.60. The van der Waals surface area contributed by atoms with Crippen molar-refractivity contribution < 1.29 is 26.4 Å². The van der Waals surface area contributed by atoms with Crippen LogP contribution >= 0.6 is 0 Å². The number of carbonyl (C=O) groups excluding carboxylic acids is 1. The molecule has 1 N–H and O–H groups in total. The van der Waals surface area contributed by atoms with Crippen LogP contribution < -0.4 is 14.4 Å². The Balaban J connectivity index is 1.98. The number of amides is 1. The van der Waals surface area contributed by atoms with Crippen molar-refractivity contribution in [1.29, 1.82) is 0 Å². The van der Waals surface area contributed by atoms with E-state index in [0.29, 0.717) is 11.4 Å². The molecule has 0 aliphatic heterocycles. The van der Waals surface area contributed by atoms with Crippen LogP contribution in [-0.4, -0.2) is 66.6 Å². The third kappa shape index (κ3) is 6.68. The number of hydrogen-bond donors (Lipinski definition) is 1. The maximum absolute atomic E-state index is 12.6. The predicted molar refractivity (Wildman–Crippen MR) is 129 cm³/mol. The molecule has 0 saturated carbocycles. The van der Waals surface area contributed by atoms with Crippen molar-refractivity contribution in [3.8, 4) is 5.75 Å². The lowest BCUT2D eigenvalue weighted by molar-refractivity contribution is -0.121. The van der Waals surface area contributed by atoms with Gasteiger partial charge in [-0.1, -0.05) is 6.07 Å². The van der Waals surface area contributed by atoms with Crippen LogP contribution in [0, 0.1) is 13.8 Å². The van der Waals surface area contributed by atoms with E-state index in [1.165, 1.54) is 45.3 Å². The van der Waals surface area contributed by atoms with Crippen LogP contribution in [0.25, 0.3) is 0 Å². The fourth-order valence-corrected chi connectivity index (χ4v) is 5.15. The fraction of sp³-hybridized carbons (Fsp3) is 0.409. The Morgan fingerprint density at radius 2 is 1.61 bits per heavy atom. The SMILES string of the molecule is Cc1ccc(N([C@@H](C)C(=O)NCCOc2ccc(S(=O)(=O)N(C)C)cc2)S(C)(=O)=O)cc1C. The molecule has 0 fully saturated rings. The average Bonchev–Trinajstić information content (AvgIpc) is 2.73. The number of nitrogens with zero attached hydrogens (tertiary/aromatic N) is 2. The first-order chi connectivity index (χ1) is 15.2. The Kier molecular flexibility index (Phi) is 8.50. The molecule has 33 heavy (non-hydrogen) atoms. The van der Waals surface area contributed by atoms with Crippen molar-refractivity contribution in [3.63, 3.8) is 0 Å². The van der Waals surface area contributed by atoms with Gasteiger partial charge >= 0.3 is 0 Å². The van der Waals surface area contributed by atoms with Gasteiger partial charge in [-0.25, -0.2) is 21.1 Å². The van der Waals surface area contributed by atoms with E-state index in [1.54, 1.807) is 12.1 Å². The second kappa shape index (κ2) is 10.5. The number of benzene rings is 2. The molecule has 0 bridgehead atoms. The van der Waals surface area contributed by atoms with Crippen LogP contribution in [0.1, 0.15) is 18.1 Å². The quantitative estimate of drug-likeness (QED) is 0.502. The number of nitrogens with one attached hydrogen (secondary N) is 1. The Morgan fingerprint density at radius 3 is 2.12 bits per heavy atom. The number of aryl methyl sites for hydroxylation is 2. The summed E-state index contributed by atoms with van der Waals surface area (Å²) < 4.78 is 56.8. The van der Waals surface area contributed by atoms with Crippen LogP contribution in [0.3, 0.4) is 0 Å². The molecule has 0 unspecified atom stereocenters. The maximum atomic E-state index is 12.6. The van der Waals surface area contributed by atoms with E-state index >= 15 is 0 Å². The molecule has 1 amide bonds. The highest BCUT2D eigenvalue weighted by atomic mass is 32.2. The van der Waals surface area contributed by atoms with Gasteiger partial charge in [0.05, 0.1) is 23.4 Å². The van der Waals surface area contributed by atoms with Gasteiger partial charge in [-0.3, -0.25) is 9.10 Å². The highest BCUT2D eigenvalue weighted by Crippen LogP contribution is 2.24. The molecule has 11 heteroatoms. The monoisotopic (exact) mass is 497 g/mol. The van der Waals surface area contributed by atoms with Gasteiger partial charge in [0.2, 0.25) is 26.0 Å². The standard InChI is InChI=1S/C22H31N3O6S2/c1-16-7-8-19(15-17(16)2)25(32(6,27)28)18(3)22(26)23-13-14-31-20-9-11-21(12-10-20)33(29,30)24(4)5/h7-12,15,18H,13-14H2,1-6H3,(H,23,26)/t18-/m0/s1. The molecular weight excluding hydrogens is 466 g/mol. The lowest BCUT2D eigenvalue weighted by Crippen LogP contribution is -2.48. The third-order valence-corrected chi connectivity index (χ3v) is 8.18. The van der Waals surface area contributed by atoms with E-state index in [4.69, 9.17) is 4.74 Å². The van der Waals surface area contributed by atoms with E-state index in [-0.39, 0.29) is 18.0 Å². The van der Waals surface area contributed by atoms with Gasteiger partial charge in [0, 0.05) is 14.1 Å². The van der Waals surface area contributed by atoms with Crippen LogP contribution in [0.2, 0.25) is 0 Å². The smallest absolute Gasteiger partial charge is 0.243 e. The summed E-state index contributed by atoms with van der Waals surface area (Å²) in [5.74, 6) is -0.0161. The van der Waals surface area contributed by atoms with Crippen molar-refractivity contribution in [2.45, 2.75) is 31.7 Å². The van der Waals surface area contributed by atoms with E-state index in [9.17, 15) is 21.6 Å². The van der Waals surface area contributed by atoms with E-state index < -0.39 is 32.0 Å². The maximum Gasteiger partial charge on any atom is 0.243 e. The first kappa shape index (κ1) is 26.6. The first-order valence-electron chi connectivity index (χ1n) is 10.2. The first-order valence-corrected chi connectivity index (χ1v) is 13.5. The third-order valence-electron chi connectivity index (χ3n) is 5.11. The summed E-state index contributed by atoms with van der Waals surface area (Å²) in [6, 6.07) is 10.2. The van der Waals surface area contributed by atoms with E-state index in [2.05, 4.69) is 5.32 Å². The average molecular weight is 498 g/mol. The number of carbonyl (C=O) groups is 1. The van der Waals surface area contributed by atoms with E-state index in [0.717, 1.165) is 26.0 Å². The summed E-state index contributed by atoms with van der Waals surface area (Å²) in [5.41, 5.74) is 2.37. The highest BCUT2D eigenvalue weighted by Gasteiger charge is 2.29. The highest BCUT2D eigenvalue weighted by molar-refractivity contribution is 7.92. The number of rotatable bonds is 10. The summed E-state index contributed by atoms with van der Waals surface area (Å²) in [6.07, 6.45) is 1.06. The molecule has 2 aromatic carbocycles. The van der Waals surface area contributed by atoms with Gasteiger partial charge in [0.15, 0.2) is 0 Å². The Morgan fingerprint density at radius 1 is 1.00 bits per heavy atom. The topological polar surface area (TPSA) is 113 Å². The van der Waals surface area contributed by atoms with Crippen molar-refractivity contribution in [2.24, 2.45) is 0 Å². The van der Waals surface area contributed by atoms with Gasteiger partial charge in [-0.05, 0) is 68.3 Å².